The van der Waals surface area contributed by atoms with Gasteiger partial charge in [0.2, 0.25) is 0 Å². The Morgan fingerprint density at radius 1 is 1.08 bits per heavy atom. The average Bonchev–Trinajstić information content (AvgIpc) is 3.12. The van der Waals surface area contributed by atoms with E-state index in [4.69, 9.17) is 4.74 Å². The zero-order chi connectivity index (χ0) is 25.7. The van der Waals surface area contributed by atoms with Crippen LogP contribution >= 0.6 is 11.8 Å². The lowest BCUT2D eigenvalue weighted by Crippen LogP contribution is -2.48. The molecule has 2 aromatic rings. The maximum absolute atomic E-state index is 13.3. The van der Waals surface area contributed by atoms with Gasteiger partial charge in [-0.25, -0.2) is 0 Å². The summed E-state index contributed by atoms with van der Waals surface area (Å²) in [4.78, 5) is 38.4. The van der Waals surface area contributed by atoms with Crippen molar-refractivity contribution in [3.05, 3.63) is 74.2 Å². The summed E-state index contributed by atoms with van der Waals surface area (Å²) in [5, 5.41) is 11.0. The third-order valence-electron chi connectivity index (χ3n) is 8.64. The first-order chi connectivity index (χ1) is 17.8. The molecule has 0 radical (unpaired) electrons. The van der Waals surface area contributed by atoms with Crippen LogP contribution in [0.25, 0.3) is 6.08 Å². The molecule has 0 unspecified atom stereocenters. The summed E-state index contributed by atoms with van der Waals surface area (Å²) in [6.07, 6.45) is 9.58. The van der Waals surface area contributed by atoms with Crippen LogP contribution in [-0.2, 0) is 16.8 Å². The van der Waals surface area contributed by atoms with E-state index >= 15 is 0 Å². The van der Waals surface area contributed by atoms with Crippen molar-refractivity contribution in [2.75, 3.05) is 6.61 Å². The molecule has 0 aromatic heterocycles. The van der Waals surface area contributed by atoms with Crippen LogP contribution in [0.1, 0.15) is 62.1 Å². The number of nitro benzene ring substituents is 1. The maximum Gasteiger partial charge on any atom is 0.293 e. The summed E-state index contributed by atoms with van der Waals surface area (Å²) in [5.74, 6) is 2.72. The zero-order valence-corrected chi connectivity index (χ0v) is 21.7. The average molecular weight is 519 g/mol. The van der Waals surface area contributed by atoms with Crippen LogP contribution in [0.3, 0.4) is 0 Å². The molecule has 192 valence electrons. The molecular formula is C29H30N2O5S. The Labute approximate surface area is 220 Å². The number of amides is 2. The standard InChI is InChI=1S/C29H30N2O5S/c1-2-36-25-8-7-23(29-14-18-9-19(15-29)11-20(10-18)16-29)12-22(25)13-26-27(32)30(28(33)37-26)17-21-5-3-4-6-24(21)31(34)35/h3-8,12-13,18-20H,2,9-11,14-17H2,1H3/b26-13+. The van der Waals surface area contributed by atoms with E-state index in [2.05, 4.69) is 12.1 Å². The number of rotatable bonds is 7. The molecule has 7 rings (SSSR count). The molecule has 0 atom stereocenters. The molecule has 37 heavy (non-hydrogen) atoms. The molecule has 4 bridgehead atoms. The summed E-state index contributed by atoms with van der Waals surface area (Å²) >= 11 is 0.875. The Bertz CT molecular complexity index is 1280. The first-order valence-corrected chi connectivity index (χ1v) is 13.9. The maximum atomic E-state index is 13.3. The minimum Gasteiger partial charge on any atom is -0.493 e. The second kappa shape index (κ2) is 9.31. The second-order valence-electron chi connectivity index (χ2n) is 11.0. The molecule has 5 fully saturated rings. The summed E-state index contributed by atoms with van der Waals surface area (Å²) in [5.41, 5.74) is 2.56. The predicted octanol–water partition coefficient (Wildman–Crippen LogP) is 6.70. The van der Waals surface area contributed by atoms with Crippen molar-refractivity contribution < 1.29 is 19.2 Å². The van der Waals surface area contributed by atoms with Crippen molar-refractivity contribution in [1.29, 1.82) is 0 Å². The number of benzene rings is 2. The predicted molar refractivity (Wildman–Crippen MR) is 142 cm³/mol. The fraction of sp³-hybridized carbons (Fsp3) is 0.448. The van der Waals surface area contributed by atoms with Gasteiger partial charge in [0.25, 0.3) is 16.8 Å². The van der Waals surface area contributed by atoms with Crippen LogP contribution in [0.5, 0.6) is 5.75 Å². The molecule has 1 heterocycles. The minimum atomic E-state index is -0.492. The molecule has 1 saturated heterocycles. The van der Waals surface area contributed by atoms with E-state index in [1.165, 1.54) is 50.2 Å². The molecule has 4 saturated carbocycles. The summed E-state index contributed by atoms with van der Waals surface area (Å²) < 4.78 is 5.91. The van der Waals surface area contributed by atoms with Crippen LogP contribution in [0.2, 0.25) is 0 Å². The molecular weight excluding hydrogens is 488 g/mol. The number of carbonyl (C=O) groups excluding carboxylic acids is 2. The highest BCUT2D eigenvalue weighted by Gasteiger charge is 2.51. The van der Waals surface area contributed by atoms with Gasteiger partial charge in [0.1, 0.15) is 5.75 Å². The Morgan fingerprint density at radius 2 is 1.76 bits per heavy atom. The second-order valence-corrected chi connectivity index (χ2v) is 12.0. The van der Waals surface area contributed by atoms with E-state index in [9.17, 15) is 19.7 Å². The smallest absolute Gasteiger partial charge is 0.293 e. The summed E-state index contributed by atoms with van der Waals surface area (Å²) in [6, 6.07) is 12.6. The highest BCUT2D eigenvalue weighted by atomic mass is 32.2. The van der Waals surface area contributed by atoms with E-state index in [0.717, 1.165) is 40.0 Å². The Balaban J connectivity index is 1.31. The van der Waals surface area contributed by atoms with Gasteiger partial charge in [0, 0.05) is 17.2 Å². The number of nitrogens with zero attached hydrogens (tertiary/aromatic N) is 2. The number of carbonyl (C=O) groups is 2. The number of para-hydroxylation sites is 1. The van der Waals surface area contributed by atoms with Crippen molar-refractivity contribution in [2.24, 2.45) is 17.8 Å². The molecule has 0 spiro atoms. The molecule has 8 heteroatoms. The van der Waals surface area contributed by atoms with E-state index in [-0.39, 0.29) is 17.6 Å². The van der Waals surface area contributed by atoms with Crippen molar-refractivity contribution in [3.8, 4) is 5.75 Å². The highest BCUT2D eigenvalue weighted by molar-refractivity contribution is 8.18. The first-order valence-electron chi connectivity index (χ1n) is 13.1. The van der Waals surface area contributed by atoms with Gasteiger partial charge in [0.15, 0.2) is 0 Å². The SMILES string of the molecule is CCOc1ccc(C23CC4CC(CC(C4)C2)C3)cc1/C=C1/SC(=O)N(Cc2ccccc2[N+](=O)[O-])C1=O. The number of hydrogen-bond acceptors (Lipinski definition) is 6. The molecule has 5 aliphatic rings. The van der Waals surface area contributed by atoms with Gasteiger partial charge in [-0.1, -0.05) is 24.3 Å². The van der Waals surface area contributed by atoms with Crippen molar-refractivity contribution in [2.45, 2.75) is 57.4 Å². The minimum absolute atomic E-state index is 0.104. The van der Waals surface area contributed by atoms with Gasteiger partial charge in [-0.15, -0.1) is 0 Å². The van der Waals surface area contributed by atoms with E-state index in [1.807, 2.05) is 13.0 Å². The summed E-state index contributed by atoms with van der Waals surface area (Å²) in [6.45, 7) is 2.29. The van der Waals surface area contributed by atoms with Crippen LogP contribution in [0.4, 0.5) is 10.5 Å². The lowest BCUT2D eigenvalue weighted by atomic mass is 9.48. The third kappa shape index (κ3) is 4.35. The largest absolute Gasteiger partial charge is 0.493 e. The fourth-order valence-corrected chi connectivity index (χ4v) is 8.34. The van der Waals surface area contributed by atoms with E-state index in [1.54, 1.807) is 24.3 Å². The van der Waals surface area contributed by atoms with E-state index in [0.29, 0.717) is 22.8 Å². The highest BCUT2D eigenvalue weighted by Crippen LogP contribution is 2.61. The number of ether oxygens (including phenoxy) is 1. The quantitative estimate of drug-likeness (QED) is 0.230. The molecule has 2 aromatic carbocycles. The Morgan fingerprint density at radius 3 is 2.41 bits per heavy atom. The lowest BCUT2D eigenvalue weighted by Gasteiger charge is -2.57. The fourth-order valence-electron chi connectivity index (χ4n) is 7.51. The van der Waals surface area contributed by atoms with Gasteiger partial charge in [0.05, 0.1) is 23.0 Å². The molecule has 0 N–H and O–H groups in total. The van der Waals surface area contributed by atoms with Gasteiger partial charge in [-0.2, -0.15) is 0 Å². The molecule has 2 amide bonds. The van der Waals surface area contributed by atoms with Crippen molar-refractivity contribution in [1.82, 2.24) is 4.90 Å². The molecule has 4 aliphatic carbocycles. The molecule has 1 aliphatic heterocycles. The number of hydrogen-bond donors (Lipinski definition) is 0. The van der Waals surface area contributed by atoms with Gasteiger partial charge >= 0.3 is 0 Å². The van der Waals surface area contributed by atoms with Crippen LogP contribution in [0.15, 0.2) is 47.4 Å². The van der Waals surface area contributed by atoms with Crippen LogP contribution in [0, 0.1) is 27.9 Å². The van der Waals surface area contributed by atoms with E-state index < -0.39 is 16.1 Å². The Kier molecular flexibility index (Phi) is 6.10. The van der Waals surface area contributed by atoms with Crippen molar-refractivity contribution in [3.63, 3.8) is 0 Å². The third-order valence-corrected chi connectivity index (χ3v) is 9.54. The normalized spacial score (nSPS) is 29.4. The van der Waals surface area contributed by atoms with Gasteiger partial charge in [-0.3, -0.25) is 24.6 Å². The van der Waals surface area contributed by atoms with Crippen LogP contribution in [-0.4, -0.2) is 27.6 Å². The lowest BCUT2D eigenvalue weighted by molar-refractivity contribution is -0.385. The number of thioether (sulfide) groups is 1. The first kappa shape index (κ1) is 24.2. The topological polar surface area (TPSA) is 89.8 Å². The monoisotopic (exact) mass is 518 g/mol. The molecule has 7 nitrogen and oxygen atoms in total. The number of nitro groups is 1. The Hall–Kier alpha value is -3.13. The van der Waals surface area contributed by atoms with Gasteiger partial charge in [-0.05, 0) is 104 Å². The summed E-state index contributed by atoms with van der Waals surface area (Å²) in [7, 11) is 0. The van der Waals surface area contributed by atoms with Gasteiger partial charge < -0.3 is 4.74 Å². The van der Waals surface area contributed by atoms with Crippen LogP contribution < -0.4 is 4.74 Å². The van der Waals surface area contributed by atoms with Crippen molar-refractivity contribution >= 4 is 34.7 Å². The zero-order valence-electron chi connectivity index (χ0n) is 20.9. The number of imide groups is 1.